The Bertz CT molecular complexity index is 699. The van der Waals surface area contributed by atoms with E-state index in [2.05, 4.69) is 27.0 Å². The van der Waals surface area contributed by atoms with Gasteiger partial charge < -0.3 is 10.0 Å². The number of aryl methyl sites for hydroxylation is 2. The molecule has 0 aromatic carbocycles. The van der Waals surface area contributed by atoms with Crippen molar-refractivity contribution >= 4 is 39.1 Å². The molecule has 3 rings (SSSR count). The van der Waals surface area contributed by atoms with Gasteiger partial charge >= 0.3 is 5.97 Å². The second kappa shape index (κ2) is 5.77. The molecule has 4 nitrogen and oxygen atoms in total. The van der Waals surface area contributed by atoms with E-state index in [1.165, 1.54) is 4.88 Å². The molecule has 0 amide bonds. The van der Waals surface area contributed by atoms with E-state index in [1.807, 2.05) is 17.3 Å². The van der Waals surface area contributed by atoms with Gasteiger partial charge in [-0.25, -0.2) is 9.78 Å². The van der Waals surface area contributed by atoms with Gasteiger partial charge in [-0.05, 0) is 52.9 Å². The first-order valence-corrected chi connectivity index (χ1v) is 8.42. The van der Waals surface area contributed by atoms with E-state index < -0.39 is 5.97 Å². The Morgan fingerprint density at radius 2 is 2.29 bits per heavy atom. The van der Waals surface area contributed by atoms with Gasteiger partial charge in [-0.1, -0.05) is 0 Å². The first-order chi connectivity index (χ1) is 10.0. The van der Waals surface area contributed by atoms with Gasteiger partial charge in [0.25, 0.3) is 0 Å². The van der Waals surface area contributed by atoms with Gasteiger partial charge in [0.15, 0.2) is 0 Å². The Balaban J connectivity index is 1.94. The first-order valence-electron chi connectivity index (χ1n) is 6.74. The normalized spacial score (nSPS) is 13.2. The standard InChI is InChI=1S/C15H15BrN2O2S/c1-18(7-11-6-10(16)8-21-11)14-12(15(19)20)5-9-3-2-4-13(9)17-14/h5-6,8H,2-4,7H2,1H3,(H,19,20). The van der Waals surface area contributed by atoms with Crippen LogP contribution in [0.5, 0.6) is 0 Å². The molecule has 2 aromatic rings. The molecule has 1 aliphatic rings. The van der Waals surface area contributed by atoms with Crippen molar-refractivity contribution in [2.75, 3.05) is 11.9 Å². The Morgan fingerprint density at radius 3 is 2.95 bits per heavy atom. The lowest BCUT2D eigenvalue weighted by atomic mass is 10.1. The first kappa shape index (κ1) is 14.5. The fourth-order valence-electron chi connectivity index (χ4n) is 2.65. The number of halogens is 1. The van der Waals surface area contributed by atoms with Crippen LogP contribution in [0.3, 0.4) is 0 Å². The van der Waals surface area contributed by atoms with Crippen molar-refractivity contribution in [2.45, 2.75) is 25.8 Å². The van der Waals surface area contributed by atoms with Gasteiger partial charge in [-0.2, -0.15) is 0 Å². The molecule has 0 bridgehead atoms. The van der Waals surface area contributed by atoms with Crippen molar-refractivity contribution < 1.29 is 9.90 Å². The lowest BCUT2D eigenvalue weighted by Gasteiger charge is -2.20. The summed E-state index contributed by atoms with van der Waals surface area (Å²) in [5.41, 5.74) is 2.44. The number of fused-ring (bicyclic) bond motifs is 1. The molecule has 1 aliphatic carbocycles. The topological polar surface area (TPSA) is 53.4 Å². The van der Waals surface area contributed by atoms with Gasteiger partial charge in [0.2, 0.25) is 0 Å². The van der Waals surface area contributed by atoms with E-state index in [9.17, 15) is 9.90 Å². The maximum absolute atomic E-state index is 11.5. The van der Waals surface area contributed by atoms with E-state index in [4.69, 9.17) is 0 Å². The molecule has 0 aliphatic heterocycles. The number of thiophene rings is 1. The van der Waals surface area contributed by atoms with Crippen LogP contribution in [0.4, 0.5) is 5.82 Å². The minimum absolute atomic E-state index is 0.300. The summed E-state index contributed by atoms with van der Waals surface area (Å²) in [6.07, 6.45) is 2.94. The summed E-state index contributed by atoms with van der Waals surface area (Å²) in [6.45, 7) is 0.655. The quantitative estimate of drug-likeness (QED) is 0.895. The number of carboxylic acid groups (broad SMARTS) is 1. The highest BCUT2D eigenvalue weighted by Gasteiger charge is 2.22. The monoisotopic (exact) mass is 366 g/mol. The van der Waals surface area contributed by atoms with E-state index in [0.717, 1.165) is 35.0 Å². The van der Waals surface area contributed by atoms with E-state index in [1.54, 1.807) is 17.4 Å². The van der Waals surface area contributed by atoms with Crippen LogP contribution in [0.2, 0.25) is 0 Å². The van der Waals surface area contributed by atoms with E-state index >= 15 is 0 Å². The highest BCUT2D eigenvalue weighted by molar-refractivity contribution is 9.10. The maximum atomic E-state index is 11.5. The summed E-state index contributed by atoms with van der Waals surface area (Å²) < 4.78 is 1.05. The summed E-state index contributed by atoms with van der Waals surface area (Å²) in [6, 6.07) is 3.85. The zero-order chi connectivity index (χ0) is 15.0. The molecule has 1 N–H and O–H groups in total. The van der Waals surface area contributed by atoms with Gasteiger partial charge in [0, 0.05) is 27.5 Å². The summed E-state index contributed by atoms with van der Waals surface area (Å²) >= 11 is 5.09. The zero-order valence-corrected chi connectivity index (χ0v) is 14.0. The number of carbonyl (C=O) groups is 1. The molecule has 2 heterocycles. The minimum Gasteiger partial charge on any atom is -0.478 e. The number of pyridine rings is 1. The van der Waals surface area contributed by atoms with Crippen LogP contribution in [0.1, 0.15) is 32.9 Å². The maximum Gasteiger partial charge on any atom is 0.339 e. The highest BCUT2D eigenvalue weighted by Crippen LogP contribution is 2.29. The average molecular weight is 367 g/mol. The van der Waals surface area contributed by atoms with Crippen molar-refractivity contribution in [3.8, 4) is 0 Å². The zero-order valence-electron chi connectivity index (χ0n) is 11.6. The molecular weight excluding hydrogens is 352 g/mol. The summed E-state index contributed by atoms with van der Waals surface area (Å²) in [5, 5.41) is 11.5. The average Bonchev–Trinajstić information content (AvgIpc) is 3.05. The molecule has 110 valence electrons. The summed E-state index contributed by atoms with van der Waals surface area (Å²) in [7, 11) is 1.89. The summed E-state index contributed by atoms with van der Waals surface area (Å²) in [5.74, 6) is -0.348. The van der Waals surface area contributed by atoms with Crippen LogP contribution in [-0.4, -0.2) is 23.1 Å². The number of aromatic nitrogens is 1. The van der Waals surface area contributed by atoms with Crippen molar-refractivity contribution in [1.82, 2.24) is 4.98 Å². The predicted octanol–water partition coefficient (Wildman–Crippen LogP) is 3.73. The third kappa shape index (κ3) is 2.96. The molecule has 2 aromatic heterocycles. The van der Waals surface area contributed by atoms with Crippen LogP contribution in [0.15, 0.2) is 22.0 Å². The van der Waals surface area contributed by atoms with Gasteiger partial charge in [0.05, 0.1) is 6.54 Å². The van der Waals surface area contributed by atoms with Crippen LogP contribution in [0.25, 0.3) is 0 Å². The van der Waals surface area contributed by atoms with Crippen molar-refractivity contribution in [2.24, 2.45) is 0 Å². The number of carboxylic acids is 1. The number of nitrogens with zero attached hydrogens (tertiary/aromatic N) is 2. The third-order valence-corrected chi connectivity index (χ3v) is 5.32. The van der Waals surface area contributed by atoms with Crippen molar-refractivity contribution in [1.29, 1.82) is 0 Å². The largest absolute Gasteiger partial charge is 0.478 e. The number of anilines is 1. The summed E-state index contributed by atoms with van der Waals surface area (Å²) in [4.78, 5) is 19.2. The number of aromatic carboxylic acids is 1. The van der Waals surface area contributed by atoms with Crippen molar-refractivity contribution in [3.05, 3.63) is 43.7 Å². The van der Waals surface area contributed by atoms with Crippen LogP contribution in [0, 0.1) is 0 Å². The molecule has 0 radical (unpaired) electrons. The van der Waals surface area contributed by atoms with Gasteiger partial charge in [-0.3, -0.25) is 0 Å². The van der Waals surface area contributed by atoms with Crippen LogP contribution < -0.4 is 4.90 Å². The molecule has 21 heavy (non-hydrogen) atoms. The van der Waals surface area contributed by atoms with Crippen LogP contribution >= 0.6 is 27.3 Å². The number of hydrogen-bond donors (Lipinski definition) is 1. The number of hydrogen-bond acceptors (Lipinski definition) is 4. The van der Waals surface area contributed by atoms with Crippen molar-refractivity contribution in [3.63, 3.8) is 0 Å². The highest BCUT2D eigenvalue weighted by atomic mass is 79.9. The molecule has 0 fully saturated rings. The smallest absolute Gasteiger partial charge is 0.339 e. The fourth-order valence-corrected chi connectivity index (χ4v) is 4.16. The Kier molecular flexibility index (Phi) is 3.99. The Morgan fingerprint density at radius 1 is 1.48 bits per heavy atom. The molecule has 0 saturated carbocycles. The minimum atomic E-state index is -0.911. The second-order valence-electron chi connectivity index (χ2n) is 5.21. The molecule has 0 spiro atoms. The SMILES string of the molecule is CN(Cc1cc(Br)cs1)c1nc2c(cc1C(=O)O)CCC2. The molecule has 6 heteroatoms. The second-order valence-corrected chi connectivity index (χ2v) is 7.12. The van der Waals surface area contributed by atoms with Gasteiger partial charge in [0.1, 0.15) is 11.4 Å². The fraction of sp³-hybridized carbons (Fsp3) is 0.333. The Hall–Kier alpha value is -1.40. The van der Waals surface area contributed by atoms with Gasteiger partial charge in [-0.15, -0.1) is 11.3 Å². The van der Waals surface area contributed by atoms with E-state index in [0.29, 0.717) is 17.9 Å². The molecule has 0 atom stereocenters. The lowest BCUT2D eigenvalue weighted by Crippen LogP contribution is -2.21. The molecule has 0 unspecified atom stereocenters. The number of rotatable bonds is 4. The van der Waals surface area contributed by atoms with E-state index in [-0.39, 0.29) is 0 Å². The predicted molar refractivity (Wildman–Crippen MR) is 87.3 cm³/mol. The third-order valence-electron chi connectivity index (χ3n) is 3.64. The van der Waals surface area contributed by atoms with Crippen LogP contribution in [-0.2, 0) is 19.4 Å². The molecule has 0 saturated heterocycles. The molecular formula is C15H15BrN2O2S. The lowest BCUT2D eigenvalue weighted by molar-refractivity contribution is 0.0697. The Labute approximate surface area is 135 Å².